The summed E-state index contributed by atoms with van der Waals surface area (Å²) in [5, 5.41) is 9.99. The van der Waals surface area contributed by atoms with Crippen LogP contribution in [-0.4, -0.2) is 56.5 Å². The number of likely N-dealkylation sites (N-methyl/N-ethyl adjacent to an activating group) is 1. The van der Waals surface area contributed by atoms with E-state index in [1.807, 2.05) is 13.8 Å². The Morgan fingerprint density at radius 3 is 2.62 bits per heavy atom. The van der Waals surface area contributed by atoms with Gasteiger partial charge in [-0.1, -0.05) is 26.0 Å². The Kier molecular flexibility index (Phi) is 4.97. The molecule has 116 valence electrons. The summed E-state index contributed by atoms with van der Waals surface area (Å²) in [6, 6.07) is 6.70. The third kappa shape index (κ3) is 3.61. The van der Waals surface area contributed by atoms with Crippen molar-refractivity contribution in [1.82, 2.24) is 9.62 Å². The highest BCUT2D eigenvalue weighted by molar-refractivity contribution is 7.90. The van der Waals surface area contributed by atoms with Crippen molar-refractivity contribution in [2.45, 2.75) is 24.8 Å². The Labute approximate surface area is 125 Å². The summed E-state index contributed by atoms with van der Waals surface area (Å²) < 4.78 is 26.3. The van der Waals surface area contributed by atoms with Gasteiger partial charge in [0.05, 0.1) is 17.5 Å². The Bertz CT molecular complexity index is 624. The molecule has 1 aliphatic rings. The molecule has 1 heterocycles. The smallest absolute Gasteiger partial charge is 0.263 e. The fourth-order valence-electron chi connectivity index (χ4n) is 2.29. The predicted octanol–water partition coefficient (Wildman–Crippen LogP) is 0.428. The average Bonchev–Trinajstić information content (AvgIpc) is 2.74. The van der Waals surface area contributed by atoms with Crippen LogP contribution < -0.4 is 4.72 Å². The summed E-state index contributed by atoms with van der Waals surface area (Å²) in [7, 11) is -3.51. The minimum absolute atomic E-state index is 0.169. The van der Waals surface area contributed by atoms with Gasteiger partial charge in [0.25, 0.3) is 10.0 Å². The largest absolute Gasteiger partial charge is 0.390 e. The van der Waals surface area contributed by atoms with Crippen LogP contribution in [0.1, 0.15) is 19.4 Å². The third-order valence-electron chi connectivity index (χ3n) is 3.49. The van der Waals surface area contributed by atoms with Crippen molar-refractivity contribution in [1.29, 1.82) is 0 Å². The quantitative estimate of drug-likeness (QED) is 0.798. The fourth-order valence-corrected chi connectivity index (χ4v) is 3.54. The molecule has 0 saturated carbocycles. The van der Waals surface area contributed by atoms with Crippen LogP contribution in [0.4, 0.5) is 0 Å². The van der Waals surface area contributed by atoms with E-state index in [0.717, 1.165) is 13.1 Å². The molecule has 1 unspecified atom stereocenters. The average molecular weight is 311 g/mol. The van der Waals surface area contributed by atoms with Crippen LogP contribution >= 0.6 is 0 Å². The number of amidine groups is 1. The molecule has 1 aromatic carbocycles. The molecular formula is C14H21N3O3S. The van der Waals surface area contributed by atoms with E-state index in [1.165, 1.54) is 0 Å². The Hall–Kier alpha value is -1.44. The number of hydrogen-bond donors (Lipinski definition) is 2. The molecule has 0 spiro atoms. The molecule has 0 radical (unpaired) electrons. The van der Waals surface area contributed by atoms with Gasteiger partial charge in [0, 0.05) is 12.1 Å². The maximum absolute atomic E-state index is 11.9. The molecule has 0 aliphatic carbocycles. The number of aliphatic hydroxyl groups excluding tert-OH is 1. The van der Waals surface area contributed by atoms with Crippen molar-refractivity contribution in [3.05, 3.63) is 29.8 Å². The van der Waals surface area contributed by atoms with Gasteiger partial charge >= 0.3 is 0 Å². The van der Waals surface area contributed by atoms with Crippen LogP contribution in [0.15, 0.2) is 34.2 Å². The van der Waals surface area contributed by atoms with Crippen molar-refractivity contribution in [3.63, 3.8) is 0 Å². The number of hydrogen-bond acceptors (Lipinski definition) is 5. The molecule has 6 nitrogen and oxygen atoms in total. The number of sulfonamides is 1. The lowest BCUT2D eigenvalue weighted by Gasteiger charge is -2.20. The first-order valence-electron chi connectivity index (χ1n) is 7.05. The van der Waals surface area contributed by atoms with Crippen LogP contribution in [0, 0.1) is 0 Å². The maximum atomic E-state index is 11.9. The number of aliphatic hydroxyl groups is 1. The van der Waals surface area contributed by atoms with Gasteiger partial charge in [-0.15, -0.1) is 0 Å². The Morgan fingerprint density at radius 1 is 1.29 bits per heavy atom. The van der Waals surface area contributed by atoms with Gasteiger partial charge in [0.1, 0.15) is 5.84 Å². The van der Waals surface area contributed by atoms with E-state index < -0.39 is 16.1 Å². The molecule has 2 N–H and O–H groups in total. The Balaban J connectivity index is 2.10. The van der Waals surface area contributed by atoms with Crippen molar-refractivity contribution in [2.24, 2.45) is 4.99 Å². The Morgan fingerprint density at radius 2 is 1.95 bits per heavy atom. The van der Waals surface area contributed by atoms with E-state index >= 15 is 0 Å². The lowest BCUT2D eigenvalue weighted by molar-refractivity contribution is 0.125. The summed E-state index contributed by atoms with van der Waals surface area (Å²) in [6.45, 7) is 6.48. The van der Waals surface area contributed by atoms with Gasteiger partial charge in [0.15, 0.2) is 0 Å². The second-order valence-corrected chi connectivity index (χ2v) is 6.58. The second-order valence-electron chi connectivity index (χ2n) is 4.93. The predicted molar refractivity (Wildman–Crippen MR) is 82.0 cm³/mol. The summed E-state index contributed by atoms with van der Waals surface area (Å²) in [5.41, 5.74) is 0.563. The summed E-state index contributed by atoms with van der Waals surface area (Å²) in [5.74, 6) is 0.309. The summed E-state index contributed by atoms with van der Waals surface area (Å²) in [4.78, 5) is 6.56. The molecule has 1 atom stereocenters. The number of nitrogens with one attached hydrogen (secondary N) is 1. The van der Waals surface area contributed by atoms with Gasteiger partial charge < -0.3 is 10.0 Å². The highest BCUT2D eigenvalue weighted by Gasteiger charge is 2.30. The molecule has 1 aliphatic heterocycles. The first kappa shape index (κ1) is 15.9. The SMILES string of the molecule is CCN(CC)CC(O)CN=C1NS(=O)(=O)c2ccccc21. The zero-order chi connectivity index (χ0) is 15.5. The fraction of sp³-hybridized carbons (Fsp3) is 0.500. The molecular weight excluding hydrogens is 290 g/mol. The lowest BCUT2D eigenvalue weighted by Crippen LogP contribution is -2.34. The zero-order valence-electron chi connectivity index (χ0n) is 12.3. The third-order valence-corrected chi connectivity index (χ3v) is 4.88. The number of rotatable bonds is 6. The number of nitrogens with zero attached hydrogens (tertiary/aromatic N) is 2. The lowest BCUT2D eigenvalue weighted by atomic mass is 10.2. The maximum Gasteiger partial charge on any atom is 0.263 e. The monoisotopic (exact) mass is 311 g/mol. The number of benzene rings is 1. The molecule has 0 saturated heterocycles. The summed E-state index contributed by atoms with van der Waals surface area (Å²) >= 11 is 0. The van der Waals surface area contributed by atoms with Crippen molar-refractivity contribution >= 4 is 15.9 Å². The molecule has 0 bridgehead atoms. The minimum Gasteiger partial charge on any atom is -0.390 e. The van der Waals surface area contributed by atoms with Crippen molar-refractivity contribution in [3.8, 4) is 0 Å². The molecule has 0 aromatic heterocycles. The molecule has 21 heavy (non-hydrogen) atoms. The van der Waals surface area contributed by atoms with Crippen LogP contribution in [0.3, 0.4) is 0 Å². The van der Waals surface area contributed by atoms with Gasteiger partial charge in [-0.05, 0) is 25.2 Å². The first-order valence-corrected chi connectivity index (χ1v) is 8.53. The zero-order valence-corrected chi connectivity index (χ0v) is 13.1. The second kappa shape index (κ2) is 6.55. The van der Waals surface area contributed by atoms with Crippen LogP contribution in [0.5, 0.6) is 0 Å². The van der Waals surface area contributed by atoms with E-state index in [-0.39, 0.29) is 11.4 Å². The number of aliphatic imine (C=N–C) groups is 1. The van der Waals surface area contributed by atoms with Crippen molar-refractivity contribution < 1.29 is 13.5 Å². The van der Waals surface area contributed by atoms with E-state index in [4.69, 9.17) is 0 Å². The molecule has 0 fully saturated rings. The van der Waals surface area contributed by atoms with Crippen LogP contribution in [-0.2, 0) is 10.0 Å². The van der Waals surface area contributed by atoms with Gasteiger partial charge in [-0.3, -0.25) is 9.71 Å². The van der Waals surface area contributed by atoms with E-state index in [9.17, 15) is 13.5 Å². The molecule has 0 amide bonds. The highest BCUT2D eigenvalue weighted by Crippen LogP contribution is 2.22. The first-order chi connectivity index (χ1) is 9.97. The molecule has 2 rings (SSSR count). The van der Waals surface area contributed by atoms with E-state index in [0.29, 0.717) is 17.9 Å². The normalized spacial score (nSPS) is 19.5. The van der Waals surface area contributed by atoms with Gasteiger partial charge in [-0.2, -0.15) is 0 Å². The molecule has 1 aromatic rings. The van der Waals surface area contributed by atoms with Crippen LogP contribution in [0.2, 0.25) is 0 Å². The highest BCUT2D eigenvalue weighted by atomic mass is 32.2. The van der Waals surface area contributed by atoms with Crippen molar-refractivity contribution in [2.75, 3.05) is 26.2 Å². The van der Waals surface area contributed by atoms with Crippen LogP contribution in [0.25, 0.3) is 0 Å². The standard InChI is InChI=1S/C14H21N3O3S/c1-3-17(4-2)10-11(18)9-15-14-12-7-5-6-8-13(12)21(19,20)16-14/h5-8,11,18H,3-4,9-10H2,1-2H3,(H,15,16). The van der Waals surface area contributed by atoms with E-state index in [2.05, 4.69) is 14.6 Å². The van der Waals surface area contributed by atoms with E-state index in [1.54, 1.807) is 24.3 Å². The summed E-state index contributed by atoms with van der Waals surface area (Å²) in [6.07, 6.45) is -0.616. The topological polar surface area (TPSA) is 82.0 Å². The van der Waals surface area contributed by atoms with Gasteiger partial charge in [0.2, 0.25) is 0 Å². The van der Waals surface area contributed by atoms with Gasteiger partial charge in [-0.25, -0.2) is 8.42 Å². The molecule has 7 heteroatoms. The number of fused-ring (bicyclic) bond motifs is 1. The minimum atomic E-state index is -3.51.